The molecule has 3 heterocycles. The molecule has 2 aliphatic heterocycles. The number of amides is 1. The fourth-order valence-electron chi connectivity index (χ4n) is 3.90. The summed E-state index contributed by atoms with van der Waals surface area (Å²) in [5, 5.41) is 3.10. The van der Waals surface area contributed by atoms with Crippen molar-refractivity contribution in [3.63, 3.8) is 0 Å². The third-order valence-corrected chi connectivity index (χ3v) is 5.24. The van der Waals surface area contributed by atoms with Gasteiger partial charge in [0.25, 0.3) is 0 Å². The minimum atomic E-state index is -0.407. The van der Waals surface area contributed by atoms with Gasteiger partial charge < -0.3 is 14.6 Å². The van der Waals surface area contributed by atoms with Crippen LogP contribution in [0.25, 0.3) is 0 Å². The van der Waals surface area contributed by atoms with E-state index >= 15 is 0 Å². The molecule has 0 spiro atoms. The summed E-state index contributed by atoms with van der Waals surface area (Å²) in [5.74, 6) is 0.802. The molecule has 128 valence electrons. The molecule has 2 atom stereocenters. The van der Waals surface area contributed by atoms with Gasteiger partial charge in [-0.05, 0) is 33.0 Å². The zero-order chi connectivity index (χ0) is 16.2. The van der Waals surface area contributed by atoms with Crippen LogP contribution in [0.3, 0.4) is 0 Å². The van der Waals surface area contributed by atoms with Gasteiger partial charge in [0, 0.05) is 25.6 Å². The maximum Gasteiger partial charge on any atom is 0.247 e. The highest BCUT2D eigenvalue weighted by molar-refractivity contribution is 5.83. The molecule has 3 rings (SSSR count). The van der Waals surface area contributed by atoms with E-state index in [0.29, 0.717) is 11.8 Å². The Morgan fingerprint density at radius 1 is 1.35 bits per heavy atom. The standard InChI is InChI=1S/C17H28N4O2/c1-3-20-9-6-4-5-7-13(20)11-21-10-8-14-16(23-12-19-14)15(18-2)17(21)22/h12-13,15,18H,3-11H2,1-2H3. The highest BCUT2D eigenvalue weighted by atomic mass is 16.3. The van der Waals surface area contributed by atoms with Gasteiger partial charge in [-0.25, -0.2) is 4.98 Å². The Bertz CT molecular complexity index is 530. The molecule has 23 heavy (non-hydrogen) atoms. The lowest BCUT2D eigenvalue weighted by Crippen LogP contribution is -2.48. The average Bonchev–Trinajstić information content (AvgIpc) is 2.84. The zero-order valence-electron chi connectivity index (χ0n) is 14.3. The predicted molar refractivity (Wildman–Crippen MR) is 88.1 cm³/mol. The van der Waals surface area contributed by atoms with Crippen LogP contribution in [0.4, 0.5) is 0 Å². The van der Waals surface area contributed by atoms with Crippen LogP contribution in [-0.4, -0.2) is 60.0 Å². The number of carbonyl (C=O) groups is 1. The van der Waals surface area contributed by atoms with Crippen molar-refractivity contribution >= 4 is 5.91 Å². The first-order valence-corrected chi connectivity index (χ1v) is 8.87. The number of nitrogens with one attached hydrogen (secondary N) is 1. The van der Waals surface area contributed by atoms with Gasteiger partial charge in [-0.3, -0.25) is 9.69 Å². The summed E-state index contributed by atoms with van der Waals surface area (Å²) in [7, 11) is 1.81. The second kappa shape index (κ2) is 7.45. The summed E-state index contributed by atoms with van der Waals surface area (Å²) in [6.07, 6.45) is 7.25. The highest BCUT2D eigenvalue weighted by Gasteiger charge is 2.34. The third-order valence-electron chi connectivity index (χ3n) is 5.24. The van der Waals surface area contributed by atoms with E-state index in [-0.39, 0.29) is 5.91 Å². The van der Waals surface area contributed by atoms with Gasteiger partial charge in [0.15, 0.2) is 12.2 Å². The first-order chi connectivity index (χ1) is 11.2. The van der Waals surface area contributed by atoms with Gasteiger partial charge in [-0.1, -0.05) is 19.8 Å². The number of nitrogens with zero attached hydrogens (tertiary/aromatic N) is 3. The molecule has 1 aromatic heterocycles. The number of hydrogen-bond donors (Lipinski definition) is 1. The Balaban J connectivity index is 1.74. The summed E-state index contributed by atoms with van der Waals surface area (Å²) in [6.45, 7) is 5.97. The molecule has 0 radical (unpaired) electrons. The molecule has 0 aromatic carbocycles. The summed E-state index contributed by atoms with van der Waals surface area (Å²) in [4.78, 5) is 21.8. The van der Waals surface area contributed by atoms with E-state index in [4.69, 9.17) is 4.42 Å². The van der Waals surface area contributed by atoms with E-state index in [9.17, 15) is 4.79 Å². The van der Waals surface area contributed by atoms with Gasteiger partial charge in [-0.15, -0.1) is 0 Å². The minimum Gasteiger partial charge on any atom is -0.446 e. The SMILES string of the molecule is CCN1CCCCCC1CN1CCc2ncoc2C(NC)C1=O. The molecule has 1 saturated heterocycles. The van der Waals surface area contributed by atoms with Crippen LogP contribution in [-0.2, 0) is 11.2 Å². The number of fused-ring (bicyclic) bond motifs is 1. The van der Waals surface area contributed by atoms with Gasteiger partial charge in [0.05, 0.1) is 5.69 Å². The molecular formula is C17H28N4O2. The lowest BCUT2D eigenvalue weighted by atomic mass is 10.1. The first-order valence-electron chi connectivity index (χ1n) is 8.87. The average molecular weight is 320 g/mol. The molecule has 1 aromatic rings. The summed E-state index contributed by atoms with van der Waals surface area (Å²) in [5.41, 5.74) is 0.911. The molecule has 0 aliphatic carbocycles. The zero-order valence-corrected chi connectivity index (χ0v) is 14.3. The van der Waals surface area contributed by atoms with Crippen LogP contribution in [0.15, 0.2) is 10.8 Å². The third kappa shape index (κ3) is 3.43. The molecule has 0 saturated carbocycles. The summed E-state index contributed by atoms with van der Waals surface area (Å²) < 4.78 is 5.48. The van der Waals surface area contributed by atoms with Crippen LogP contribution >= 0.6 is 0 Å². The van der Waals surface area contributed by atoms with Gasteiger partial charge in [-0.2, -0.15) is 0 Å². The molecule has 1 N–H and O–H groups in total. The van der Waals surface area contributed by atoms with Gasteiger partial charge in [0.2, 0.25) is 5.91 Å². The fourth-order valence-corrected chi connectivity index (χ4v) is 3.90. The topological polar surface area (TPSA) is 61.6 Å². The van der Waals surface area contributed by atoms with E-state index in [0.717, 1.165) is 38.3 Å². The number of likely N-dealkylation sites (tertiary alicyclic amines) is 1. The Hall–Kier alpha value is -1.40. The smallest absolute Gasteiger partial charge is 0.247 e. The lowest BCUT2D eigenvalue weighted by Gasteiger charge is -2.34. The number of carbonyl (C=O) groups excluding carboxylic acids is 1. The molecule has 1 amide bonds. The van der Waals surface area contributed by atoms with Crippen LogP contribution < -0.4 is 5.32 Å². The normalized spacial score (nSPS) is 26.7. The molecule has 2 aliphatic rings. The summed E-state index contributed by atoms with van der Waals surface area (Å²) in [6, 6.07) is 0.0668. The maximum absolute atomic E-state index is 12.9. The second-order valence-corrected chi connectivity index (χ2v) is 6.55. The number of likely N-dealkylation sites (N-methyl/N-ethyl adjacent to an activating group) is 2. The van der Waals surface area contributed by atoms with Crippen molar-refractivity contribution in [3.8, 4) is 0 Å². The van der Waals surface area contributed by atoms with Crippen LogP contribution in [0.1, 0.15) is 50.1 Å². The molecule has 0 bridgehead atoms. The van der Waals surface area contributed by atoms with Crippen molar-refractivity contribution in [1.82, 2.24) is 20.1 Å². The van der Waals surface area contributed by atoms with Crippen LogP contribution in [0.5, 0.6) is 0 Å². The van der Waals surface area contributed by atoms with E-state index in [1.807, 2.05) is 11.9 Å². The van der Waals surface area contributed by atoms with Crippen LogP contribution in [0.2, 0.25) is 0 Å². The van der Waals surface area contributed by atoms with Crippen molar-refractivity contribution in [3.05, 3.63) is 17.8 Å². The quantitative estimate of drug-likeness (QED) is 0.913. The van der Waals surface area contributed by atoms with Crippen molar-refractivity contribution in [2.45, 2.75) is 51.1 Å². The Morgan fingerprint density at radius 2 is 2.22 bits per heavy atom. The lowest BCUT2D eigenvalue weighted by molar-refractivity contribution is -0.134. The Labute approximate surface area is 138 Å². The highest BCUT2D eigenvalue weighted by Crippen LogP contribution is 2.25. The number of aromatic nitrogens is 1. The Kier molecular flexibility index (Phi) is 5.33. The van der Waals surface area contributed by atoms with Gasteiger partial charge in [0.1, 0.15) is 6.04 Å². The van der Waals surface area contributed by atoms with Gasteiger partial charge >= 0.3 is 0 Å². The van der Waals surface area contributed by atoms with Crippen molar-refractivity contribution < 1.29 is 9.21 Å². The van der Waals surface area contributed by atoms with E-state index < -0.39 is 6.04 Å². The van der Waals surface area contributed by atoms with Crippen LogP contribution in [0, 0.1) is 0 Å². The van der Waals surface area contributed by atoms with E-state index in [2.05, 4.69) is 22.1 Å². The largest absolute Gasteiger partial charge is 0.446 e. The second-order valence-electron chi connectivity index (χ2n) is 6.55. The number of rotatable bonds is 4. The minimum absolute atomic E-state index is 0.114. The van der Waals surface area contributed by atoms with E-state index in [1.165, 1.54) is 32.1 Å². The Morgan fingerprint density at radius 3 is 3.00 bits per heavy atom. The van der Waals surface area contributed by atoms with Crippen molar-refractivity contribution in [1.29, 1.82) is 0 Å². The monoisotopic (exact) mass is 320 g/mol. The number of hydrogen-bond acceptors (Lipinski definition) is 5. The molecule has 6 heteroatoms. The molecule has 2 unspecified atom stereocenters. The summed E-state index contributed by atoms with van der Waals surface area (Å²) >= 11 is 0. The first kappa shape index (κ1) is 16.5. The maximum atomic E-state index is 12.9. The fraction of sp³-hybridized carbons (Fsp3) is 0.765. The van der Waals surface area contributed by atoms with Crippen molar-refractivity contribution in [2.75, 3.05) is 33.2 Å². The molecule has 1 fully saturated rings. The van der Waals surface area contributed by atoms with Crippen molar-refractivity contribution in [2.24, 2.45) is 0 Å². The molecular weight excluding hydrogens is 292 g/mol. The van der Waals surface area contributed by atoms with E-state index in [1.54, 1.807) is 0 Å². The predicted octanol–water partition coefficient (Wildman–Crippen LogP) is 1.58. The number of oxazole rings is 1. The molecule has 6 nitrogen and oxygen atoms in total.